The minimum atomic E-state index is -4.46. The first-order chi connectivity index (χ1) is 14.7. The van der Waals surface area contributed by atoms with Crippen LogP contribution >= 0.6 is 11.6 Å². The Morgan fingerprint density at radius 3 is 2.42 bits per heavy atom. The number of carbonyl (C=O) groups is 1. The maximum atomic E-state index is 13.1. The van der Waals surface area contributed by atoms with Gasteiger partial charge in [-0.1, -0.05) is 35.9 Å². The molecule has 10 heteroatoms. The average Bonchev–Trinajstić information content (AvgIpc) is 3.11. The number of rotatable bonds is 6. The summed E-state index contributed by atoms with van der Waals surface area (Å²) >= 11 is 6.38. The van der Waals surface area contributed by atoms with Crippen molar-refractivity contribution in [3.05, 3.63) is 70.4 Å². The fraction of sp³-hybridized carbons (Fsp3) is 0.286. The van der Waals surface area contributed by atoms with Gasteiger partial charge in [0.2, 0.25) is 0 Å². The number of likely N-dealkylation sites (N-methyl/N-ethyl adjacent to an activating group) is 1. The summed E-state index contributed by atoms with van der Waals surface area (Å²) in [5.41, 5.74) is 6.43. The van der Waals surface area contributed by atoms with Crippen LogP contribution in [0.4, 0.5) is 18.9 Å². The summed E-state index contributed by atoms with van der Waals surface area (Å²) < 4.78 is 45.0. The van der Waals surface area contributed by atoms with Crippen LogP contribution in [0.15, 0.2) is 54.3 Å². The smallest absolute Gasteiger partial charge is 0.416 e. The fourth-order valence-corrected chi connectivity index (χ4v) is 3.41. The van der Waals surface area contributed by atoms with Crippen molar-refractivity contribution in [3.8, 4) is 0 Å². The van der Waals surface area contributed by atoms with E-state index in [-0.39, 0.29) is 18.3 Å². The van der Waals surface area contributed by atoms with E-state index in [9.17, 15) is 18.0 Å². The number of anilines is 1. The third-order valence-electron chi connectivity index (χ3n) is 4.77. The van der Waals surface area contributed by atoms with Crippen molar-refractivity contribution in [2.24, 2.45) is 0 Å². The molecule has 0 radical (unpaired) electrons. The van der Waals surface area contributed by atoms with E-state index in [0.29, 0.717) is 22.0 Å². The zero-order valence-electron chi connectivity index (χ0n) is 17.1. The molecule has 2 N–H and O–H groups in total. The van der Waals surface area contributed by atoms with Crippen LogP contribution in [0.3, 0.4) is 0 Å². The second-order valence-electron chi connectivity index (χ2n) is 6.69. The number of para-hydroxylation sites is 1. The Bertz CT molecular complexity index is 979. The number of hydrogen-bond acceptors (Lipinski definition) is 5. The third-order valence-corrected chi connectivity index (χ3v) is 5.09. The lowest BCUT2D eigenvalue weighted by molar-refractivity contribution is -0.137. The van der Waals surface area contributed by atoms with Gasteiger partial charge in [-0.15, -0.1) is 0 Å². The van der Waals surface area contributed by atoms with Gasteiger partial charge in [0, 0.05) is 19.7 Å². The van der Waals surface area contributed by atoms with E-state index in [1.807, 2.05) is 0 Å². The zero-order chi connectivity index (χ0) is 22.8. The van der Waals surface area contributed by atoms with Crippen LogP contribution in [0.2, 0.25) is 5.02 Å². The number of hydrazine groups is 2. The molecule has 0 bridgehead atoms. The molecule has 0 spiro atoms. The Labute approximate surface area is 183 Å². The van der Waals surface area contributed by atoms with Crippen LogP contribution < -0.4 is 15.9 Å². The molecule has 1 atom stereocenters. The van der Waals surface area contributed by atoms with Crippen molar-refractivity contribution >= 4 is 28.9 Å². The molecule has 1 heterocycles. The zero-order valence-corrected chi connectivity index (χ0v) is 17.9. The van der Waals surface area contributed by atoms with Gasteiger partial charge in [-0.25, -0.2) is 10.9 Å². The van der Waals surface area contributed by atoms with E-state index in [2.05, 4.69) is 10.9 Å². The lowest BCUT2D eigenvalue weighted by Crippen LogP contribution is -2.51. The van der Waals surface area contributed by atoms with E-state index < -0.39 is 17.8 Å². The Morgan fingerprint density at radius 2 is 1.87 bits per heavy atom. The number of nitrogens with one attached hydrogen (secondary N) is 2. The molecule has 2 aromatic carbocycles. The number of carbonyl (C=O) groups excluding carboxylic acids is 1. The van der Waals surface area contributed by atoms with Gasteiger partial charge in [-0.05, 0) is 31.2 Å². The van der Waals surface area contributed by atoms with Crippen molar-refractivity contribution in [2.45, 2.75) is 19.1 Å². The molecule has 2 aromatic rings. The summed E-state index contributed by atoms with van der Waals surface area (Å²) in [6.07, 6.45) is -4.46. The van der Waals surface area contributed by atoms with Crippen LogP contribution in [0.25, 0.3) is 5.70 Å². The minimum Gasteiger partial charge on any atom is -0.494 e. The number of alkyl halides is 3. The van der Waals surface area contributed by atoms with Gasteiger partial charge < -0.3 is 4.74 Å². The van der Waals surface area contributed by atoms with Crippen LogP contribution in [0.1, 0.15) is 18.1 Å². The second-order valence-corrected chi connectivity index (χ2v) is 7.10. The van der Waals surface area contributed by atoms with Crippen molar-refractivity contribution < 1.29 is 22.7 Å². The molecule has 166 valence electrons. The molecule has 6 nitrogen and oxygen atoms in total. The van der Waals surface area contributed by atoms with Gasteiger partial charge in [0.05, 0.1) is 22.9 Å². The van der Waals surface area contributed by atoms with Crippen LogP contribution in [0, 0.1) is 0 Å². The van der Waals surface area contributed by atoms with Gasteiger partial charge in [0.25, 0.3) is 5.91 Å². The Hall–Kier alpha value is -2.75. The van der Waals surface area contributed by atoms with Crippen LogP contribution in [-0.4, -0.2) is 37.7 Å². The average molecular weight is 455 g/mol. The molecule has 3 rings (SSSR count). The largest absolute Gasteiger partial charge is 0.494 e. The topological polar surface area (TPSA) is 56.8 Å². The Morgan fingerprint density at radius 1 is 1.23 bits per heavy atom. The summed E-state index contributed by atoms with van der Waals surface area (Å²) in [5.74, 6) is -0.0563. The van der Waals surface area contributed by atoms with Crippen molar-refractivity contribution in [3.63, 3.8) is 0 Å². The molecule has 0 saturated heterocycles. The number of hydrogen-bond donors (Lipinski definition) is 2. The van der Waals surface area contributed by atoms with E-state index >= 15 is 0 Å². The van der Waals surface area contributed by atoms with E-state index in [0.717, 1.165) is 12.1 Å². The summed E-state index contributed by atoms with van der Waals surface area (Å²) in [5, 5.41) is 3.25. The Kier molecular flexibility index (Phi) is 6.78. The van der Waals surface area contributed by atoms with Gasteiger partial charge in [0.1, 0.15) is 11.5 Å². The predicted molar refractivity (Wildman–Crippen MR) is 113 cm³/mol. The number of halogens is 4. The summed E-state index contributed by atoms with van der Waals surface area (Å²) in [6, 6.07) is 10.7. The fourth-order valence-electron chi connectivity index (χ4n) is 3.19. The third kappa shape index (κ3) is 4.63. The minimum absolute atomic E-state index is 0.255. The standard InChI is InChI=1S/C21H22ClF3N4O2/c1-4-31-19-17(20(30)28(3)26-2)27-29(16-8-6-5-7-15(16)22)18(19)13-9-11-14(12-10-13)21(23,24)25/h5-12,17,26-27H,4H2,1-3H3. The molecular formula is C21H22ClF3N4O2. The highest BCUT2D eigenvalue weighted by atomic mass is 35.5. The molecule has 0 saturated carbocycles. The lowest BCUT2D eigenvalue weighted by atomic mass is 10.1. The van der Waals surface area contributed by atoms with Crippen molar-refractivity contribution in [2.75, 3.05) is 25.7 Å². The maximum absolute atomic E-state index is 13.1. The Balaban J connectivity index is 2.17. The molecule has 1 amide bonds. The number of ether oxygens (including phenoxy) is 1. The number of amides is 1. The molecule has 0 fully saturated rings. The van der Waals surface area contributed by atoms with Gasteiger partial charge in [0.15, 0.2) is 6.04 Å². The summed E-state index contributed by atoms with van der Waals surface area (Å²) in [7, 11) is 3.16. The molecular weight excluding hydrogens is 433 g/mol. The van der Waals surface area contributed by atoms with Crippen LogP contribution in [-0.2, 0) is 15.7 Å². The van der Waals surface area contributed by atoms with E-state index in [1.54, 1.807) is 50.3 Å². The highest BCUT2D eigenvalue weighted by Gasteiger charge is 2.41. The lowest BCUT2D eigenvalue weighted by Gasteiger charge is -2.25. The molecule has 0 aromatic heterocycles. The summed E-state index contributed by atoms with van der Waals surface area (Å²) in [4.78, 5) is 13.0. The highest BCUT2D eigenvalue weighted by molar-refractivity contribution is 6.33. The molecule has 1 unspecified atom stereocenters. The molecule has 31 heavy (non-hydrogen) atoms. The monoisotopic (exact) mass is 454 g/mol. The van der Waals surface area contributed by atoms with Crippen LogP contribution in [0.5, 0.6) is 0 Å². The van der Waals surface area contributed by atoms with Gasteiger partial charge in [-0.2, -0.15) is 13.2 Å². The molecule has 0 aliphatic carbocycles. The first kappa shape index (κ1) is 22.9. The molecule has 1 aliphatic heterocycles. The van der Waals surface area contributed by atoms with E-state index in [4.69, 9.17) is 16.3 Å². The van der Waals surface area contributed by atoms with Gasteiger partial charge >= 0.3 is 6.18 Å². The molecule has 1 aliphatic rings. The first-order valence-corrected chi connectivity index (χ1v) is 9.87. The predicted octanol–water partition coefficient (Wildman–Crippen LogP) is 4.05. The van der Waals surface area contributed by atoms with E-state index in [1.165, 1.54) is 17.1 Å². The van der Waals surface area contributed by atoms with Gasteiger partial charge in [-0.3, -0.25) is 14.8 Å². The van der Waals surface area contributed by atoms with Crippen molar-refractivity contribution in [1.29, 1.82) is 0 Å². The quantitative estimate of drug-likeness (QED) is 0.645. The van der Waals surface area contributed by atoms with Crippen molar-refractivity contribution in [1.82, 2.24) is 15.9 Å². The number of benzene rings is 2. The summed E-state index contributed by atoms with van der Waals surface area (Å²) in [6.45, 7) is 2.02. The first-order valence-electron chi connectivity index (χ1n) is 9.49. The highest BCUT2D eigenvalue weighted by Crippen LogP contribution is 2.39. The maximum Gasteiger partial charge on any atom is 0.416 e. The normalized spacial score (nSPS) is 16.6. The number of nitrogens with zero attached hydrogens (tertiary/aromatic N) is 2. The second kappa shape index (κ2) is 9.17. The SMILES string of the molecule is CCOC1=C(c2ccc(C(F)(F)F)cc2)N(c2ccccc2Cl)NC1C(=O)N(C)NC.